The summed E-state index contributed by atoms with van der Waals surface area (Å²) in [5.74, 6) is 0.875. The lowest BCUT2D eigenvalue weighted by atomic mass is 10.1. The zero-order chi connectivity index (χ0) is 9.19. The number of rotatable bonds is 3. The van der Waals surface area contributed by atoms with Gasteiger partial charge in [0.15, 0.2) is 0 Å². The van der Waals surface area contributed by atoms with Crippen LogP contribution in [0.4, 0.5) is 0 Å². The maximum atomic E-state index is 6.01. The van der Waals surface area contributed by atoms with Crippen molar-refractivity contribution in [3.8, 4) is 0 Å². The molecule has 0 aromatic carbocycles. The molecule has 1 saturated carbocycles. The van der Waals surface area contributed by atoms with Crippen LogP contribution in [0, 0.1) is 5.92 Å². The van der Waals surface area contributed by atoms with Gasteiger partial charge in [-0.25, -0.2) is 0 Å². The number of halogens is 1. The molecule has 1 aliphatic rings. The van der Waals surface area contributed by atoms with Gasteiger partial charge in [-0.3, -0.25) is 0 Å². The van der Waals surface area contributed by atoms with Crippen LogP contribution in [0.5, 0.6) is 0 Å². The Morgan fingerprint density at radius 2 is 2.08 bits per heavy atom. The van der Waals surface area contributed by atoms with Crippen LogP contribution in [0.1, 0.15) is 40.0 Å². The molecule has 2 atom stereocenters. The molecule has 12 heavy (non-hydrogen) atoms. The van der Waals surface area contributed by atoms with Gasteiger partial charge >= 0.3 is 0 Å². The summed E-state index contributed by atoms with van der Waals surface area (Å²) < 4.78 is 7.09. The van der Waals surface area contributed by atoms with E-state index in [-0.39, 0.29) is 5.60 Å². The molecule has 0 saturated heterocycles. The molecule has 1 fully saturated rings. The third kappa shape index (κ3) is 3.21. The zero-order valence-corrected chi connectivity index (χ0v) is 10.4. The average molecular weight is 282 g/mol. The Kier molecular flexibility index (Phi) is 3.83. The lowest BCUT2D eigenvalue weighted by Crippen LogP contribution is -2.31. The summed E-state index contributed by atoms with van der Waals surface area (Å²) >= 11 is 2.40. The molecule has 0 N–H and O–H groups in total. The maximum Gasteiger partial charge on any atom is 0.0719 e. The molecule has 0 amide bonds. The molecule has 0 bridgehead atoms. The molecule has 1 aliphatic carbocycles. The predicted molar refractivity (Wildman–Crippen MR) is 60.9 cm³/mol. The first-order valence-electron chi connectivity index (χ1n) is 4.77. The van der Waals surface area contributed by atoms with Crippen molar-refractivity contribution in [3.05, 3.63) is 0 Å². The van der Waals surface area contributed by atoms with Gasteiger partial charge in [0, 0.05) is 4.43 Å². The highest BCUT2D eigenvalue weighted by atomic mass is 127. The molecule has 0 heterocycles. The summed E-state index contributed by atoms with van der Waals surface area (Å²) in [7, 11) is 0. The molecule has 0 aromatic rings. The van der Waals surface area contributed by atoms with Crippen molar-refractivity contribution in [3.63, 3.8) is 0 Å². The van der Waals surface area contributed by atoms with E-state index in [1.165, 1.54) is 19.3 Å². The highest BCUT2D eigenvalue weighted by Gasteiger charge is 2.27. The Morgan fingerprint density at radius 3 is 2.50 bits per heavy atom. The molecule has 2 unspecified atom stereocenters. The molecule has 0 aromatic heterocycles. The van der Waals surface area contributed by atoms with E-state index in [1.807, 2.05) is 0 Å². The van der Waals surface area contributed by atoms with E-state index >= 15 is 0 Å². The third-order valence-electron chi connectivity index (χ3n) is 2.45. The summed E-state index contributed by atoms with van der Waals surface area (Å²) in [4.78, 5) is 0. The van der Waals surface area contributed by atoms with Crippen molar-refractivity contribution in [1.29, 1.82) is 0 Å². The Balaban J connectivity index is 2.32. The molecule has 0 spiro atoms. The summed E-state index contributed by atoms with van der Waals surface area (Å²) in [5.41, 5.74) is 0.0787. The maximum absolute atomic E-state index is 6.01. The van der Waals surface area contributed by atoms with E-state index in [4.69, 9.17) is 4.74 Å². The Morgan fingerprint density at radius 1 is 1.42 bits per heavy atom. The van der Waals surface area contributed by atoms with Crippen molar-refractivity contribution in [2.75, 3.05) is 4.43 Å². The second kappa shape index (κ2) is 4.27. The van der Waals surface area contributed by atoms with Gasteiger partial charge in [-0.15, -0.1) is 0 Å². The van der Waals surface area contributed by atoms with Gasteiger partial charge in [-0.1, -0.05) is 29.5 Å². The number of hydrogen-bond acceptors (Lipinski definition) is 1. The lowest BCUT2D eigenvalue weighted by Gasteiger charge is -2.27. The Bertz CT molecular complexity index is 145. The third-order valence-corrected chi connectivity index (χ3v) is 4.29. The minimum absolute atomic E-state index is 0.0787. The minimum Gasteiger partial charge on any atom is -0.372 e. The fourth-order valence-corrected chi connectivity index (χ4v) is 1.92. The van der Waals surface area contributed by atoms with Crippen molar-refractivity contribution < 1.29 is 4.74 Å². The standard InChI is InChI=1S/C10H19IO/c1-8-4-5-9(6-8)12-10(2,3)7-11/h8-9H,4-7H2,1-3H3. The highest BCUT2D eigenvalue weighted by Crippen LogP contribution is 2.30. The van der Waals surface area contributed by atoms with Gasteiger partial charge < -0.3 is 4.74 Å². The van der Waals surface area contributed by atoms with E-state index < -0.39 is 0 Å². The second-order valence-corrected chi connectivity index (χ2v) is 5.31. The Labute approximate surface area is 89.4 Å². The lowest BCUT2D eigenvalue weighted by molar-refractivity contribution is -0.0522. The number of ether oxygens (including phenoxy) is 1. The molecule has 0 aliphatic heterocycles. The van der Waals surface area contributed by atoms with Crippen LogP contribution in [-0.4, -0.2) is 16.1 Å². The summed E-state index contributed by atoms with van der Waals surface area (Å²) in [6.45, 7) is 6.69. The van der Waals surface area contributed by atoms with Gasteiger partial charge in [0.2, 0.25) is 0 Å². The van der Waals surface area contributed by atoms with E-state index in [0.29, 0.717) is 6.10 Å². The minimum atomic E-state index is 0.0787. The highest BCUT2D eigenvalue weighted by molar-refractivity contribution is 14.1. The zero-order valence-electron chi connectivity index (χ0n) is 8.27. The fraction of sp³-hybridized carbons (Fsp3) is 1.00. The summed E-state index contributed by atoms with van der Waals surface area (Å²) in [5, 5.41) is 0. The van der Waals surface area contributed by atoms with E-state index in [1.54, 1.807) is 0 Å². The van der Waals surface area contributed by atoms with E-state index in [2.05, 4.69) is 43.4 Å². The number of alkyl halides is 1. The van der Waals surface area contributed by atoms with Gasteiger partial charge in [0.25, 0.3) is 0 Å². The molecule has 1 rings (SSSR count). The molecule has 72 valence electrons. The van der Waals surface area contributed by atoms with Crippen molar-refractivity contribution >= 4 is 22.6 Å². The molecular weight excluding hydrogens is 263 g/mol. The van der Waals surface area contributed by atoms with Crippen LogP contribution in [0.25, 0.3) is 0 Å². The van der Waals surface area contributed by atoms with Crippen LogP contribution in [0.3, 0.4) is 0 Å². The number of hydrogen-bond donors (Lipinski definition) is 0. The van der Waals surface area contributed by atoms with E-state index in [9.17, 15) is 0 Å². The molecule has 1 nitrogen and oxygen atoms in total. The van der Waals surface area contributed by atoms with Crippen LogP contribution in [-0.2, 0) is 4.74 Å². The van der Waals surface area contributed by atoms with Crippen LogP contribution >= 0.6 is 22.6 Å². The van der Waals surface area contributed by atoms with Crippen molar-refractivity contribution in [1.82, 2.24) is 0 Å². The first-order valence-corrected chi connectivity index (χ1v) is 6.30. The largest absolute Gasteiger partial charge is 0.372 e. The first kappa shape index (κ1) is 10.8. The quantitative estimate of drug-likeness (QED) is 0.569. The molecule has 2 heteroatoms. The van der Waals surface area contributed by atoms with Gasteiger partial charge in [-0.2, -0.15) is 0 Å². The van der Waals surface area contributed by atoms with Crippen LogP contribution < -0.4 is 0 Å². The Hall–Kier alpha value is 0.690. The topological polar surface area (TPSA) is 9.23 Å². The van der Waals surface area contributed by atoms with Crippen molar-refractivity contribution in [2.24, 2.45) is 5.92 Å². The average Bonchev–Trinajstić information content (AvgIpc) is 2.35. The summed E-state index contributed by atoms with van der Waals surface area (Å²) in [6, 6.07) is 0. The predicted octanol–water partition coefficient (Wildman–Crippen LogP) is 3.41. The van der Waals surface area contributed by atoms with Crippen molar-refractivity contribution in [2.45, 2.75) is 51.7 Å². The van der Waals surface area contributed by atoms with Crippen LogP contribution in [0.15, 0.2) is 0 Å². The fourth-order valence-electron chi connectivity index (χ4n) is 1.74. The monoisotopic (exact) mass is 282 g/mol. The van der Waals surface area contributed by atoms with Gasteiger partial charge in [0.05, 0.1) is 11.7 Å². The van der Waals surface area contributed by atoms with Crippen LogP contribution in [0.2, 0.25) is 0 Å². The summed E-state index contributed by atoms with van der Waals surface area (Å²) in [6.07, 6.45) is 4.41. The SMILES string of the molecule is CC1CCC(OC(C)(C)CI)C1. The van der Waals surface area contributed by atoms with Gasteiger partial charge in [-0.05, 0) is 39.0 Å². The normalized spacial score (nSPS) is 31.0. The molecule has 0 radical (unpaired) electrons. The second-order valence-electron chi connectivity index (χ2n) is 4.55. The molecular formula is C10H19IO. The first-order chi connectivity index (χ1) is 5.53. The van der Waals surface area contributed by atoms with E-state index in [0.717, 1.165) is 10.3 Å². The smallest absolute Gasteiger partial charge is 0.0719 e. The van der Waals surface area contributed by atoms with Gasteiger partial charge in [0.1, 0.15) is 0 Å².